The third-order valence-electron chi connectivity index (χ3n) is 4.42. The van der Waals surface area contributed by atoms with Crippen molar-refractivity contribution < 1.29 is 14.3 Å². The minimum atomic E-state index is -0.173. The zero-order chi connectivity index (χ0) is 16.5. The number of nitrogens with one attached hydrogen (secondary N) is 2. The Morgan fingerprint density at radius 2 is 1.78 bits per heavy atom. The summed E-state index contributed by atoms with van der Waals surface area (Å²) in [5, 5.41) is 5.43. The van der Waals surface area contributed by atoms with Crippen molar-refractivity contribution in [2.45, 2.75) is 31.6 Å². The summed E-state index contributed by atoms with van der Waals surface area (Å²) in [5.74, 6) is 0.408. The minimum Gasteiger partial charge on any atom is -0.383 e. The standard InChI is InChI=1S/C18H26N2O3/c1-23-12-11-19-17(21)13-20-18(22)16-9-7-15(8-10-16)14-5-3-2-4-6-14/h2-6,15-16H,7-13H2,1H3,(H,19,21)(H,20,22). The monoisotopic (exact) mass is 318 g/mol. The van der Waals surface area contributed by atoms with Gasteiger partial charge >= 0.3 is 0 Å². The van der Waals surface area contributed by atoms with Crippen molar-refractivity contribution in [1.29, 1.82) is 0 Å². The quantitative estimate of drug-likeness (QED) is 0.754. The maximum Gasteiger partial charge on any atom is 0.239 e. The Labute approximate surface area is 137 Å². The van der Waals surface area contributed by atoms with Gasteiger partial charge in [-0.1, -0.05) is 30.3 Å². The maximum absolute atomic E-state index is 12.2. The van der Waals surface area contributed by atoms with Gasteiger partial charge in [0, 0.05) is 19.6 Å². The molecule has 1 fully saturated rings. The van der Waals surface area contributed by atoms with Crippen LogP contribution in [0.5, 0.6) is 0 Å². The van der Waals surface area contributed by atoms with E-state index in [9.17, 15) is 9.59 Å². The second-order valence-electron chi connectivity index (χ2n) is 6.02. The van der Waals surface area contributed by atoms with E-state index in [0.29, 0.717) is 19.1 Å². The van der Waals surface area contributed by atoms with Gasteiger partial charge in [0.15, 0.2) is 0 Å². The summed E-state index contributed by atoms with van der Waals surface area (Å²) in [6.07, 6.45) is 3.83. The third kappa shape index (κ3) is 5.67. The Morgan fingerprint density at radius 3 is 2.43 bits per heavy atom. The van der Waals surface area contributed by atoms with Crippen LogP contribution in [0.15, 0.2) is 30.3 Å². The molecular formula is C18H26N2O3. The summed E-state index contributed by atoms with van der Waals surface area (Å²) in [5.41, 5.74) is 1.36. The van der Waals surface area contributed by atoms with Crippen LogP contribution in [0.1, 0.15) is 37.2 Å². The second kappa shape index (κ2) is 9.30. The molecule has 5 nitrogen and oxygen atoms in total. The number of rotatable bonds is 7. The lowest BCUT2D eigenvalue weighted by Gasteiger charge is -2.28. The van der Waals surface area contributed by atoms with E-state index in [1.54, 1.807) is 7.11 Å². The van der Waals surface area contributed by atoms with E-state index in [1.165, 1.54) is 5.56 Å². The number of hydrogen-bond donors (Lipinski definition) is 2. The molecule has 0 radical (unpaired) electrons. The van der Waals surface area contributed by atoms with Crippen molar-refractivity contribution in [1.82, 2.24) is 10.6 Å². The number of methoxy groups -OCH3 is 1. The Balaban J connectivity index is 1.68. The fourth-order valence-corrected chi connectivity index (χ4v) is 3.08. The van der Waals surface area contributed by atoms with Gasteiger partial charge in [-0.25, -0.2) is 0 Å². The van der Waals surface area contributed by atoms with E-state index in [1.807, 2.05) is 6.07 Å². The highest BCUT2D eigenvalue weighted by molar-refractivity contribution is 5.85. The summed E-state index contributed by atoms with van der Waals surface area (Å²) in [4.78, 5) is 23.7. The van der Waals surface area contributed by atoms with Crippen molar-refractivity contribution >= 4 is 11.8 Å². The summed E-state index contributed by atoms with van der Waals surface area (Å²) in [6.45, 7) is 0.984. The van der Waals surface area contributed by atoms with Crippen LogP contribution in [0.3, 0.4) is 0 Å². The van der Waals surface area contributed by atoms with Gasteiger partial charge in [-0.05, 0) is 37.2 Å². The average Bonchev–Trinajstić information content (AvgIpc) is 2.61. The summed E-state index contributed by atoms with van der Waals surface area (Å²) in [7, 11) is 1.58. The van der Waals surface area contributed by atoms with Gasteiger partial charge in [-0.2, -0.15) is 0 Å². The van der Waals surface area contributed by atoms with Crippen LogP contribution < -0.4 is 10.6 Å². The fourth-order valence-electron chi connectivity index (χ4n) is 3.08. The van der Waals surface area contributed by atoms with Gasteiger partial charge in [-0.15, -0.1) is 0 Å². The molecule has 5 heteroatoms. The number of carbonyl (C=O) groups excluding carboxylic acids is 2. The number of amides is 2. The van der Waals surface area contributed by atoms with Gasteiger partial charge in [0.25, 0.3) is 0 Å². The largest absolute Gasteiger partial charge is 0.383 e. The normalized spacial score (nSPS) is 20.7. The predicted octanol–water partition coefficient (Wildman–Crippen LogP) is 1.84. The van der Waals surface area contributed by atoms with E-state index in [2.05, 4.69) is 34.9 Å². The Hall–Kier alpha value is -1.88. The average molecular weight is 318 g/mol. The first-order valence-electron chi connectivity index (χ1n) is 8.29. The van der Waals surface area contributed by atoms with Crippen LogP contribution in [-0.2, 0) is 14.3 Å². The molecule has 1 aliphatic rings. The number of hydrogen-bond acceptors (Lipinski definition) is 3. The molecular weight excluding hydrogens is 292 g/mol. The highest BCUT2D eigenvalue weighted by Crippen LogP contribution is 2.35. The van der Waals surface area contributed by atoms with Crippen molar-refractivity contribution in [3.63, 3.8) is 0 Å². The summed E-state index contributed by atoms with van der Waals surface area (Å²) in [6, 6.07) is 10.5. The summed E-state index contributed by atoms with van der Waals surface area (Å²) >= 11 is 0. The lowest BCUT2D eigenvalue weighted by Crippen LogP contribution is -2.41. The number of ether oxygens (including phenoxy) is 1. The number of carbonyl (C=O) groups is 2. The Kier molecular flexibility index (Phi) is 7.07. The first kappa shape index (κ1) is 17.5. The molecule has 2 rings (SSSR count). The molecule has 0 spiro atoms. The molecule has 1 aliphatic carbocycles. The van der Waals surface area contributed by atoms with Crippen LogP contribution in [0.4, 0.5) is 0 Å². The zero-order valence-electron chi connectivity index (χ0n) is 13.7. The molecule has 23 heavy (non-hydrogen) atoms. The minimum absolute atomic E-state index is 0.00148. The lowest BCUT2D eigenvalue weighted by atomic mass is 9.78. The molecule has 0 atom stereocenters. The van der Waals surface area contributed by atoms with Gasteiger partial charge in [0.1, 0.15) is 0 Å². The van der Waals surface area contributed by atoms with E-state index < -0.39 is 0 Å². The van der Waals surface area contributed by atoms with Crippen LogP contribution in [-0.4, -0.2) is 38.6 Å². The molecule has 1 aromatic rings. The molecule has 0 saturated heterocycles. The SMILES string of the molecule is COCCNC(=O)CNC(=O)C1CCC(c2ccccc2)CC1. The molecule has 2 amide bonds. The van der Waals surface area contributed by atoms with E-state index in [-0.39, 0.29) is 24.3 Å². The molecule has 0 aromatic heterocycles. The Bertz CT molecular complexity index is 496. The predicted molar refractivity (Wildman–Crippen MR) is 89.0 cm³/mol. The van der Waals surface area contributed by atoms with E-state index in [0.717, 1.165) is 25.7 Å². The molecule has 0 heterocycles. The van der Waals surface area contributed by atoms with Crippen LogP contribution in [0, 0.1) is 5.92 Å². The second-order valence-corrected chi connectivity index (χ2v) is 6.02. The third-order valence-corrected chi connectivity index (χ3v) is 4.42. The van der Waals surface area contributed by atoms with Crippen molar-refractivity contribution in [2.75, 3.05) is 26.8 Å². The first-order chi connectivity index (χ1) is 11.2. The molecule has 1 aromatic carbocycles. The fraction of sp³-hybridized carbons (Fsp3) is 0.556. The highest BCUT2D eigenvalue weighted by Gasteiger charge is 2.27. The van der Waals surface area contributed by atoms with E-state index in [4.69, 9.17) is 4.74 Å². The lowest BCUT2D eigenvalue weighted by molar-refractivity contribution is -0.129. The van der Waals surface area contributed by atoms with Gasteiger partial charge < -0.3 is 15.4 Å². The maximum atomic E-state index is 12.2. The van der Waals surface area contributed by atoms with Gasteiger partial charge in [0.2, 0.25) is 11.8 Å². The smallest absolute Gasteiger partial charge is 0.239 e. The van der Waals surface area contributed by atoms with Crippen LogP contribution in [0.25, 0.3) is 0 Å². The zero-order valence-corrected chi connectivity index (χ0v) is 13.7. The molecule has 0 aliphatic heterocycles. The van der Waals surface area contributed by atoms with Gasteiger partial charge in [-0.3, -0.25) is 9.59 Å². The molecule has 2 N–H and O–H groups in total. The van der Waals surface area contributed by atoms with Crippen molar-refractivity contribution in [2.24, 2.45) is 5.92 Å². The molecule has 0 unspecified atom stereocenters. The molecule has 1 saturated carbocycles. The number of benzene rings is 1. The summed E-state index contributed by atoms with van der Waals surface area (Å²) < 4.78 is 4.86. The van der Waals surface area contributed by atoms with Gasteiger partial charge in [0.05, 0.1) is 13.2 Å². The van der Waals surface area contributed by atoms with Crippen molar-refractivity contribution in [3.05, 3.63) is 35.9 Å². The van der Waals surface area contributed by atoms with Crippen molar-refractivity contribution in [3.8, 4) is 0 Å². The molecule has 126 valence electrons. The topological polar surface area (TPSA) is 67.4 Å². The van der Waals surface area contributed by atoms with Crippen LogP contribution >= 0.6 is 0 Å². The first-order valence-corrected chi connectivity index (χ1v) is 8.29. The van der Waals surface area contributed by atoms with E-state index >= 15 is 0 Å². The molecule has 0 bridgehead atoms. The Morgan fingerprint density at radius 1 is 1.09 bits per heavy atom. The van der Waals surface area contributed by atoms with Crippen LogP contribution in [0.2, 0.25) is 0 Å². The highest BCUT2D eigenvalue weighted by atomic mass is 16.5.